The number of hydrogen-bond donors (Lipinski definition) is 0. The van der Waals surface area contributed by atoms with E-state index in [1.165, 1.54) is 11.8 Å². The largest absolute Gasteiger partial charge is 0.486 e. The van der Waals surface area contributed by atoms with Crippen molar-refractivity contribution in [2.24, 2.45) is 5.92 Å². The van der Waals surface area contributed by atoms with Gasteiger partial charge in [0.05, 0.1) is 0 Å². The van der Waals surface area contributed by atoms with Crippen LogP contribution in [0.4, 0.5) is 0 Å². The number of benzene rings is 2. The lowest BCUT2D eigenvalue weighted by molar-refractivity contribution is -0.128. The van der Waals surface area contributed by atoms with Crippen molar-refractivity contribution in [3.63, 3.8) is 0 Å². The van der Waals surface area contributed by atoms with Crippen LogP contribution in [0, 0.1) is 5.92 Å². The molecule has 6 nitrogen and oxygen atoms in total. The van der Waals surface area contributed by atoms with E-state index in [0.29, 0.717) is 12.5 Å². The highest BCUT2D eigenvalue weighted by Crippen LogP contribution is 2.36. The molecule has 1 unspecified atom stereocenters. The summed E-state index contributed by atoms with van der Waals surface area (Å²) in [6.45, 7) is 5.49. The van der Waals surface area contributed by atoms with Gasteiger partial charge in [-0.2, -0.15) is 0 Å². The lowest BCUT2D eigenvalue weighted by atomic mass is 10.1. The molecule has 1 heterocycles. The first-order valence-electron chi connectivity index (χ1n) is 10.5. The summed E-state index contributed by atoms with van der Waals surface area (Å²) in [4.78, 5) is 14.6. The highest BCUT2D eigenvalue weighted by molar-refractivity contribution is 8.00. The van der Waals surface area contributed by atoms with Gasteiger partial charge in [-0.05, 0) is 30.0 Å². The highest BCUT2D eigenvalue weighted by atomic mass is 32.2. The standard InChI is InChI=1S/C24H30N4O2S/c1-18(2)15-16-28-21(17-30-20-13-9-6-10-14-20)25-26-24(28)31-22(23(29)27(3)4)19-11-7-5-8-12-19/h5-14,18,22H,15-17H2,1-4H3. The molecule has 0 spiro atoms. The lowest BCUT2D eigenvalue weighted by Gasteiger charge is -2.21. The molecule has 0 radical (unpaired) electrons. The highest BCUT2D eigenvalue weighted by Gasteiger charge is 2.27. The van der Waals surface area contributed by atoms with E-state index in [1.54, 1.807) is 19.0 Å². The van der Waals surface area contributed by atoms with Crippen LogP contribution in [0.3, 0.4) is 0 Å². The predicted molar refractivity (Wildman–Crippen MR) is 124 cm³/mol. The van der Waals surface area contributed by atoms with Gasteiger partial charge in [0.1, 0.15) is 17.6 Å². The van der Waals surface area contributed by atoms with Gasteiger partial charge in [0.2, 0.25) is 5.91 Å². The Bertz CT molecular complexity index is 958. The number of carbonyl (C=O) groups excluding carboxylic acids is 1. The maximum atomic E-state index is 13.0. The maximum Gasteiger partial charge on any atom is 0.240 e. The average Bonchev–Trinajstić information content (AvgIpc) is 3.16. The number of hydrogen-bond acceptors (Lipinski definition) is 5. The first-order valence-corrected chi connectivity index (χ1v) is 11.4. The molecule has 164 valence electrons. The first kappa shape index (κ1) is 22.9. The molecule has 7 heteroatoms. The van der Waals surface area contributed by atoms with Gasteiger partial charge < -0.3 is 14.2 Å². The molecule has 0 aliphatic heterocycles. The van der Waals surface area contributed by atoms with E-state index in [9.17, 15) is 4.79 Å². The summed E-state index contributed by atoms with van der Waals surface area (Å²) in [6, 6.07) is 19.5. The van der Waals surface area contributed by atoms with Gasteiger partial charge in [-0.15, -0.1) is 10.2 Å². The molecule has 0 saturated heterocycles. The number of aromatic nitrogens is 3. The van der Waals surface area contributed by atoms with Crippen LogP contribution in [-0.2, 0) is 17.9 Å². The summed E-state index contributed by atoms with van der Waals surface area (Å²) in [6.07, 6.45) is 0.988. The van der Waals surface area contributed by atoms with Crippen molar-refractivity contribution in [3.8, 4) is 5.75 Å². The molecule has 0 N–H and O–H groups in total. The van der Waals surface area contributed by atoms with Crippen LogP contribution in [0.2, 0.25) is 0 Å². The van der Waals surface area contributed by atoms with Crippen LogP contribution in [0.1, 0.15) is 36.9 Å². The maximum absolute atomic E-state index is 13.0. The summed E-state index contributed by atoms with van der Waals surface area (Å²) in [5.74, 6) is 2.12. The monoisotopic (exact) mass is 438 g/mol. The van der Waals surface area contributed by atoms with Crippen molar-refractivity contribution in [2.75, 3.05) is 14.1 Å². The molecule has 0 aliphatic rings. The van der Waals surface area contributed by atoms with E-state index in [4.69, 9.17) is 4.74 Å². The molecule has 31 heavy (non-hydrogen) atoms. The normalized spacial score (nSPS) is 12.0. The van der Waals surface area contributed by atoms with E-state index in [0.717, 1.165) is 35.3 Å². The molecule has 1 amide bonds. The number of ether oxygens (including phenoxy) is 1. The molecule has 1 aromatic heterocycles. The van der Waals surface area contributed by atoms with Crippen molar-refractivity contribution < 1.29 is 9.53 Å². The number of likely N-dealkylation sites (N-methyl/N-ethyl adjacent to an activating group) is 1. The lowest BCUT2D eigenvalue weighted by Crippen LogP contribution is -2.27. The minimum Gasteiger partial charge on any atom is -0.486 e. The second kappa shape index (κ2) is 11.0. The molecular formula is C24H30N4O2S. The molecular weight excluding hydrogens is 408 g/mol. The summed E-state index contributed by atoms with van der Waals surface area (Å²) in [5, 5.41) is 9.19. The van der Waals surface area contributed by atoms with Crippen LogP contribution in [0.25, 0.3) is 0 Å². The van der Waals surface area contributed by atoms with Crippen molar-refractivity contribution >= 4 is 17.7 Å². The van der Waals surface area contributed by atoms with Gasteiger partial charge in [0, 0.05) is 20.6 Å². The van der Waals surface area contributed by atoms with E-state index in [1.807, 2.05) is 60.7 Å². The Morgan fingerprint density at radius 1 is 1.03 bits per heavy atom. The number of carbonyl (C=O) groups is 1. The SMILES string of the molecule is CC(C)CCn1c(COc2ccccc2)nnc1SC(C(=O)N(C)C)c1ccccc1. The topological polar surface area (TPSA) is 60.2 Å². The summed E-state index contributed by atoms with van der Waals surface area (Å²) in [5.41, 5.74) is 0.951. The Morgan fingerprint density at radius 3 is 2.29 bits per heavy atom. The molecule has 2 aromatic carbocycles. The number of nitrogens with zero attached hydrogens (tertiary/aromatic N) is 4. The quantitative estimate of drug-likeness (QED) is 0.425. The van der Waals surface area contributed by atoms with Crippen molar-refractivity contribution in [3.05, 3.63) is 72.1 Å². The summed E-state index contributed by atoms with van der Waals surface area (Å²) < 4.78 is 8.01. The minimum absolute atomic E-state index is 0.0247. The van der Waals surface area contributed by atoms with Crippen LogP contribution in [0.5, 0.6) is 5.75 Å². The van der Waals surface area contributed by atoms with Gasteiger partial charge >= 0.3 is 0 Å². The zero-order chi connectivity index (χ0) is 22.2. The number of para-hydroxylation sites is 1. The smallest absolute Gasteiger partial charge is 0.240 e. The van der Waals surface area contributed by atoms with Crippen molar-refractivity contribution in [2.45, 2.75) is 43.8 Å². The molecule has 0 saturated carbocycles. The number of rotatable bonds is 10. The van der Waals surface area contributed by atoms with Crippen molar-refractivity contribution in [1.82, 2.24) is 19.7 Å². The molecule has 3 rings (SSSR count). The summed E-state index contributed by atoms with van der Waals surface area (Å²) in [7, 11) is 3.56. The number of amides is 1. The van der Waals surface area contributed by atoms with E-state index < -0.39 is 0 Å². The third kappa shape index (κ3) is 6.34. The molecule has 0 bridgehead atoms. The van der Waals surface area contributed by atoms with Gasteiger partial charge in [-0.25, -0.2) is 0 Å². The number of thioether (sulfide) groups is 1. The van der Waals surface area contributed by atoms with Crippen molar-refractivity contribution in [1.29, 1.82) is 0 Å². The Hall–Kier alpha value is -2.80. The second-order valence-electron chi connectivity index (χ2n) is 7.98. The van der Waals surface area contributed by atoms with Crippen LogP contribution < -0.4 is 4.74 Å². The fraction of sp³-hybridized carbons (Fsp3) is 0.375. The van der Waals surface area contributed by atoms with Gasteiger partial charge in [-0.3, -0.25) is 4.79 Å². The Kier molecular flexibility index (Phi) is 8.12. The molecule has 3 aromatic rings. The van der Waals surface area contributed by atoms with Crippen LogP contribution in [-0.4, -0.2) is 39.7 Å². The Labute approximate surface area is 188 Å². The second-order valence-corrected chi connectivity index (χ2v) is 9.05. The van der Waals surface area contributed by atoms with E-state index in [2.05, 4.69) is 28.6 Å². The predicted octanol–water partition coefficient (Wildman–Crippen LogP) is 4.82. The third-order valence-electron chi connectivity index (χ3n) is 4.83. The van der Waals surface area contributed by atoms with Gasteiger partial charge in [-0.1, -0.05) is 74.1 Å². The van der Waals surface area contributed by atoms with E-state index >= 15 is 0 Å². The average molecular weight is 439 g/mol. The van der Waals surface area contributed by atoms with Crippen LogP contribution >= 0.6 is 11.8 Å². The Morgan fingerprint density at radius 2 is 1.68 bits per heavy atom. The third-order valence-corrected chi connectivity index (χ3v) is 6.05. The zero-order valence-electron chi connectivity index (χ0n) is 18.6. The fourth-order valence-corrected chi connectivity index (χ4v) is 4.25. The Balaban J connectivity index is 1.87. The zero-order valence-corrected chi connectivity index (χ0v) is 19.4. The first-order chi connectivity index (χ1) is 15.0. The molecule has 0 aliphatic carbocycles. The summed E-state index contributed by atoms with van der Waals surface area (Å²) >= 11 is 1.44. The fourth-order valence-electron chi connectivity index (χ4n) is 3.02. The van der Waals surface area contributed by atoms with Crippen LogP contribution in [0.15, 0.2) is 65.8 Å². The molecule has 0 fully saturated rings. The van der Waals surface area contributed by atoms with E-state index in [-0.39, 0.29) is 11.2 Å². The van der Waals surface area contributed by atoms with Gasteiger partial charge in [0.15, 0.2) is 11.0 Å². The minimum atomic E-state index is -0.388. The van der Waals surface area contributed by atoms with Gasteiger partial charge in [0.25, 0.3) is 0 Å². The molecule has 1 atom stereocenters.